The zero-order valence-electron chi connectivity index (χ0n) is 8.12. The van der Waals surface area contributed by atoms with Crippen molar-refractivity contribution >= 4 is 17.4 Å². The van der Waals surface area contributed by atoms with Crippen LogP contribution in [0.4, 0.5) is 10.1 Å². The van der Waals surface area contributed by atoms with Gasteiger partial charge in [0, 0.05) is 11.3 Å². The van der Waals surface area contributed by atoms with Crippen LogP contribution in [0.5, 0.6) is 0 Å². The van der Waals surface area contributed by atoms with Crippen LogP contribution in [0.1, 0.15) is 17.5 Å². The number of halogens is 1. The minimum Gasteiger partial charge on any atom is -0.481 e. The molecule has 0 saturated heterocycles. The summed E-state index contributed by atoms with van der Waals surface area (Å²) in [5.41, 5.74) is 4.93. The lowest BCUT2D eigenvalue weighted by atomic mass is 10.0. The van der Waals surface area contributed by atoms with Gasteiger partial charge in [-0.3, -0.25) is 4.79 Å². The van der Waals surface area contributed by atoms with Gasteiger partial charge in [-0.2, -0.15) is 5.26 Å². The van der Waals surface area contributed by atoms with E-state index in [-0.39, 0.29) is 22.5 Å². The number of hydrogen-bond donors (Lipinski definition) is 3. The Morgan fingerprint density at radius 2 is 2.25 bits per heavy atom. The van der Waals surface area contributed by atoms with Crippen molar-refractivity contribution in [2.45, 2.75) is 6.42 Å². The largest absolute Gasteiger partial charge is 0.481 e. The van der Waals surface area contributed by atoms with Crippen LogP contribution in [0.2, 0.25) is 0 Å². The number of rotatable bonds is 3. The second-order valence-electron chi connectivity index (χ2n) is 3.08. The van der Waals surface area contributed by atoms with Crippen LogP contribution in [0.15, 0.2) is 12.1 Å². The standard InChI is InChI=1S/C10H8FN3O2/c11-7-2-8(13)6(1-5(7)4-12)9(14)3-10(15)16/h1-2,14H,3,13H2,(H,15,16). The highest BCUT2D eigenvalue weighted by Gasteiger charge is 2.13. The summed E-state index contributed by atoms with van der Waals surface area (Å²) >= 11 is 0. The summed E-state index contributed by atoms with van der Waals surface area (Å²) in [5, 5.41) is 24.5. The highest BCUT2D eigenvalue weighted by atomic mass is 19.1. The lowest BCUT2D eigenvalue weighted by Gasteiger charge is -2.06. The zero-order chi connectivity index (χ0) is 12.3. The molecule has 4 N–H and O–H groups in total. The Morgan fingerprint density at radius 1 is 1.62 bits per heavy atom. The molecule has 0 atom stereocenters. The molecule has 0 radical (unpaired) electrons. The number of hydrogen-bond acceptors (Lipinski definition) is 4. The van der Waals surface area contributed by atoms with Crippen molar-refractivity contribution in [3.05, 3.63) is 29.1 Å². The fraction of sp³-hybridized carbons (Fsp3) is 0.100. The molecule has 6 heteroatoms. The van der Waals surface area contributed by atoms with E-state index in [0.717, 1.165) is 12.1 Å². The molecule has 1 aromatic carbocycles. The number of carboxylic acids is 1. The molecule has 0 aliphatic carbocycles. The van der Waals surface area contributed by atoms with Crippen molar-refractivity contribution in [3.8, 4) is 6.07 Å². The molecule has 0 bridgehead atoms. The van der Waals surface area contributed by atoms with E-state index in [0.29, 0.717) is 0 Å². The lowest BCUT2D eigenvalue weighted by molar-refractivity contribution is -0.135. The Balaban J connectivity index is 3.20. The first-order valence-electron chi connectivity index (χ1n) is 4.24. The average molecular weight is 221 g/mol. The molecular weight excluding hydrogens is 213 g/mol. The molecule has 5 nitrogen and oxygen atoms in total. The van der Waals surface area contributed by atoms with E-state index in [4.69, 9.17) is 21.5 Å². The molecular formula is C10H8FN3O2. The van der Waals surface area contributed by atoms with Crippen LogP contribution in [0.25, 0.3) is 0 Å². The van der Waals surface area contributed by atoms with Gasteiger partial charge in [-0.15, -0.1) is 0 Å². The quantitative estimate of drug-likeness (QED) is 0.524. The third-order valence-corrected chi connectivity index (χ3v) is 1.91. The minimum absolute atomic E-state index is 0.0530. The Labute approximate surface area is 90.4 Å². The molecule has 16 heavy (non-hydrogen) atoms. The van der Waals surface area contributed by atoms with Crippen LogP contribution in [0.3, 0.4) is 0 Å². The average Bonchev–Trinajstić information content (AvgIpc) is 2.16. The molecule has 0 aliphatic rings. The number of carboxylic acid groups (broad SMARTS) is 1. The van der Waals surface area contributed by atoms with E-state index >= 15 is 0 Å². The van der Waals surface area contributed by atoms with E-state index in [1.165, 1.54) is 0 Å². The van der Waals surface area contributed by atoms with Crippen LogP contribution < -0.4 is 5.73 Å². The van der Waals surface area contributed by atoms with Crippen molar-refractivity contribution in [1.29, 1.82) is 10.7 Å². The fourth-order valence-electron chi connectivity index (χ4n) is 1.18. The number of nitrogens with one attached hydrogen (secondary N) is 1. The van der Waals surface area contributed by atoms with Crippen molar-refractivity contribution < 1.29 is 14.3 Å². The van der Waals surface area contributed by atoms with Crippen molar-refractivity contribution in [2.24, 2.45) is 0 Å². The summed E-state index contributed by atoms with van der Waals surface area (Å²) in [6.07, 6.45) is -0.527. The van der Waals surface area contributed by atoms with Crippen molar-refractivity contribution in [3.63, 3.8) is 0 Å². The van der Waals surface area contributed by atoms with Gasteiger partial charge in [-0.05, 0) is 12.1 Å². The number of aliphatic carboxylic acids is 1. The van der Waals surface area contributed by atoms with Crippen LogP contribution in [-0.4, -0.2) is 16.8 Å². The van der Waals surface area contributed by atoms with Gasteiger partial charge >= 0.3 is 5.97 Å². The van der Waals surface area contributed by atoms with Crippen molar-refractivity contribution in [1.82, 2.24) is 0 Å². The number of carbonyl (C=O) groups is 1. The van der Waals surface area contributed by atoms with Gasteiger partial charge in [-0.25, -0.2) is 4.39 Å². The molecule has 0 aromatic heterocycles. The van der Waals surface area contributed by atoms with Crippen molar-refractivity contribution in [2.75, 3.05) is 5.73 Å². The zero-order valence-corrected chi connectivity index (χ0v) is 8.12. The van der Waals surface area contributed by atoms with E-state index in [9.17, 15) is 9.18 Å². The topological polar surface area (TPSA) is 111 Å². The Kier molecular flexibility index (Phi) is 3.20. The summed E-state index contributed by atoms with van der Waals surface area (Å²) in [4.78, 5) is 10.4. The molecule has 1 rings (SSSR count). The van der Waals surface area contributed by atoms with Gasteiger partial charge in [0.05, 0.1) is 17.7 Å². The molecule has 0 heterocycles. The molecule has 0 spiro atoms. The van der Waals surface area contributed by atoms with Gasteiger partial charge in [0.2, 0.25) is 0 Å². The SMILES string of the molecule is N#Cc1cc(C(=N)CC(=O)O)c(N)cc1F. The van der Waals surface area contributed by atoms with E-state index in [1.54, 1.807) is 6.07 Å². The van der Waals surface area contributed by atoms with E-state index in [1.807, 2.05) is 0 Å². The number of nitrogen functional groups attached to an aromatic ring is 1. The minimum atomic E-state index is -1.19. The summed E-state index contributed by atoms with van der Waals surface area (Å²) in [5.74, 6) is -1.97. The molecule has 1 aromatic rings. The molecule has 0 saturated carbocycles. The third-order valence-electron chi connectivity index (χ3n) is 1.91. The van der Waals surface area contributed by atoms with Crippen LogP contribution in [0, 0.1) is 22.6 Å². The molecule has 0 unspecified atom stereocenters. The monoisotopic (exact) mass is 221 g/mol. The second-order valence-corrected chi connectivity index (χ2v) is 3.08. The number of anilines is 1. The summed E-state index contributed by atoms with van der Waals surface area (Å²) < 4.78 is 13.1. The first kappa shape index (κ1) is 11.7. The van der Waals surface area contributed by atoms with Gasteiger partial charge in [0.15, 0.2) is 0 Å². The molecule has 0 amide bonds. The number of nitrogens with zero attached hydrogens (tertiary/aromatic N) is 1. The number of nitrogens with two attached hydrogens (primary N) is 1. The Hall–Kier alpha value is -2.42. The third kappa shape index (κ3) is 2.33. The van der Waals surface area contributed by atoms with Gasteiger partial charge in [0.1, 0.15) is 11.9 Å². The molecule has 0 fully saturated rings. The number of nitriles is 1. The predicted octanol–water partition coefficient (Wildman–Crippen LogP) is 1.12. The van der Waals surface area contributed by atoms with Crippen LogP contribution >= 0.6 is 0 Å². The van der Waals surface area contributed by atoms with E-state index in [2.05, 4.69) is 0 Å². The maximum Gasteiger partial charge on any atom is 0.309 e. The molecule has 0 aliphatic heterocycles. The summed E-state index contributed by atoms with van der Waals surface area (Å²) in [6.45, 7) is 0. The number of benzene rings is 1. The highest BCUT2D eigenvalue weighted by molar-refractivity contribution is 6.10. The Morgan fingerprint density at radius 3 is 2.75 bits per heavy atom. The highest BCUT2D eigenvalue weighted by Crippen LogP contribution is 2.19. The summed E-state index contributed by atoms with van der Waals surface area (Å²) in [7, 11) is 0. The maximum atomic E-state index is 13.1. The Bertz CT molecular complexity index is 506. The van der Waals surface area contributed by atoms with Gasteiger partial charge in [-0.1, -0.05) is 0 Å². The summed E-state index contributed by atoms with van der Waals surface area (Å²) in [6, 6.07) is 3.58. The molecule has 82 valence electrons. The normalized spacial score (nSPS) is 9.50. The predicted molar refractivity (Wildman–Crippen MR) is 54.6 cm³/mol. The van der Waals surface area contributed by atoms with Gasteiger partial charge < -0.3 is 16.2 Å². The van der Waals surface area contributed by atoms with E-state index < -0.39 is 18.2 Å². The maximum absolute atomic E-state index is 13.1. The van der Waals surface area contributed by atoms with Crippen LogP contribution in [-0.2, 0) is 4.79 Å². The van der Waals surface area contributed by atoms with Gasteiger partial charge in [0.25, 0.3) is 0 Å². The first-order valence-corrected chi connectivity index (χ1v) is 4.24. The second kappa shape index (κ2) is 4.40. The smallest absolute Gasteiger partial charge is 0.309 e. The first-order chi connectivity index (χ1) is 7.45. The fourth-order valence-corrected chi connectivity index (χ4v) is 1.18. The lowest BCUT2D eigenvalue weighted by Crippen LogP contribution is -2.10.